The molecule has 1 saturated carbocycles. The first-order valence-electron chi connectivity index (χ1n) is 13.0. The molecule has 2 aromatic rings. The van der Waals surface area contributed by atoms with Crippen LogP contribution in [0.3, 0.4) is 0 Å². The van der Waals surface area contributed by atoms with Gasteiger partial charge in [-0.1, -0.05) is 24.3 Å². The highest BCUT2D eigenvalue weighted by Gasteiger charge is 2.84. The molecule has 2 atom stereocenters. The lowest BCUT2D eigenvalue weighted by Gasteiger charge is -2.48. The van der Waals surface area contributed by atoms with E-state index >= 15 is 26.3 Å². The normalized spacial score (nSPS) is 28.5. The number of fused-ring (bicyclic) bond motifs is 4. The fraction of sp³-hybridized carbons (Fsp3) is 0.310. The lowest BCUT2D eigenvalue weighted by molar-refractivity contribution is -0.258. The maximum Gasteiger partial charge on any atom is 0.380 e. The highest BCUT2D eigenvalue weighted by Crippen LogP contribution is 2.77. The van der Waals surface area contributed by atoms with E-state index in [-0.39, 0.29) is 43.2 Å². The van der Waals surface area contributed by atoms with Crippen molar-refractivity contribution in [1.29, 1.82) is 0 Å². The first-order chi connectivity index (χ1) is 20.4. The molecule has 1 fully saturated rings. The quantitative estimate of drug-likeness (QED) is 0.244. The van der Waals surface area contributed by atoms with Crippen molar-refractivity contribution in [3.05, 3.63) is 93.1 Å². The SMILES string of the molecule is CC1=C(c2ccc(S(=O)(=O)O)cc2)SC2(C)C1=C1C(=C3C(C)=C(c4ccc(S(=O)(=O)O)cc4)SC32C)C(F)(F)C(F)(F)C1(F)F. The molecular formula is C29H22F6O6S4. The van der Waals surface area contributed by atoms with E-state index in [9.17, 15) is 25.9 Å². The van der Waals surface area contributed by atoms with Crippen LogP contribution in [0.15, 0.2) is 91.8 Å². The summed E-state index contributed by atoms with van der Waals surface area (Å²) in [5.74, 6) is -16.3. The van der Waals surface area contributed by atoms with Crippen LogP contribution in [0.2, 0.25) is 0 Å². The zero-order valence-corrected chi connectivity index (χ0v) is 26.8. The van der Waals surface area contributed by atoms with Crippen molar-refractivity contribution in [1.82, 2.24) is 0 Å². The highest BCUT2D eigenvalue weighted by molar-refractivity contribution is 8.14. The molecule has 4 aliphatic rings. The van der Waals surface area contributed by atoms with Crippen molar-refractivity contribution in [2.75, 3.05) is 0 Å². The second-order valence-electron chi connectivity index (χ2n) is 11.4. The van der Waals surface area contributed by atoms with E-state index in [4.69, 9.17) is 0 Å². The highest BCUT2D eigenvalue weighted by atomic mass is 32.2. The molecule has 6 nitrogen and oxygen atoms in total. The van der Waals surface area contributed by atoms with Crippen molar-refractivity contribution in [2.24, 2.45) is 0 Å². The van der Waals surface area contributed by atoms with E-state index in [1.807, 2.05) is 0 Å². The van der Waals surface area contributed by atoms with Gasteiger partial charge in [0, 0.05) is 21.0 Å². The Kier molecular flexibility index (Phi) is 6.71. The van der Waals surface area contributed by atoms with E-state index in [1.54, 1.807) is 0 Å². The topological polar surface area (TPSA) is 109 Å². The van der Waals surface area contributed by atoms with E-state index < -0.39 is 68.4 Å². The molecule has 2 unspecified atom stereocenters. The van der Waals surface area contributed by atoms with Gasteiger partial charge >= 0.3 is 17.8 Å². The van der Waals surface area contributed by atoms with E-state index in [0.717, 1.165) is 47.8 Å². The molecule has 0 bridgehead atoms. The molecule has 2 heterocycles. The average Bonchev–Trinajstić information content (AvgIpc) is 3.40. The van der Waals surface area contributed by atoms with Crippen molar-refractivity contribution in [3.8, 4) is 0 Å². The number of benzene rings is 2. The molecule has 2 aliphatic carbocycles. The second kappa shape index (κ2) is 9.31. The van der Waals surface area contributed by atoms with E-state index in [2.05, 4.69) is 0 Å². The third-order valence-electron chi connectivity index (χ3n) is 8.90. The first kappa shape index (κ1) is 32.4. The van der Waals surface area contributed by atoms with Gasteiger partial charge in [0.25, 0.3) is 20.2 Å². The van der Waals surface area contributed by atoms with Gasteiger partial charge in [-0.3, -0.25) is 9.11 Å². The molecule has 240 valence electrons. The second-order valence-corrected chi connectivity index (χ2v) is 17.1. The van der Waals surface area contributed by atoms with E-state index in [1.165, 1.54) is 52.0 Å². The summed E-state index contributed by atoms with van der Waals surface area (Å²) >= 11 is 1.99. The van der Waals surface area contributed by atoms with Crippen LogP contribution in [0.4, 0.5) is 26.3 Å². The predicted octanol–water partition coefficient (Wildman–Crippen LogP) is 7.88. The van der Waals surface area contributed by atoms with Crippen LogP contribution in [-0.4, -0.2) is 53.2 Å². The maximum absolute atomic E-state index is 15.8. The van der Waals surface area contributed by atoms with Crippen LogP contribution in [0.1, 0.15) is 38.8 Å². The summed E-state index contributed by atoms with van der Waals surface area (Å²) in [6.45, 7) is 5.74. The number of hydrogen-bond donors (Lipinski definition) is 2. The first-order valence-corrected chi connectivity index (χ1v) is 17.5. The van der Waals surface area contributed by atoms with Gasteiger partial charge in [0.15, 0.2) is 0 Å². The molecular weight excluding hydrogens is 687 g/mol. The molecule has 2 N–H and O–H groups in total. The zero-order chi connectivity index (χ0) is 33.5. The summed E-state index contributed by atoms with van der Waals surface area (Å²) in [7, 11) is -9.15. The lowest BCUT2D eigenvalue weighted by Crippen LogP contribution is -2.49. The van der Waals surface area contributed by atoms with Gasteiger partial charge in [-0.2, -0.15) is 43.2 Å². The molecule has 0 spiro atoms. The lowest BCUT2D eigenvalue weighted by atomic mass is 9.68. The molecule has 6 rings (SSSR count). The van der Waals surface area contributed by atoms with Gasteiger partial charge < -0.3 is 0 Å². The Hall–Kier alpha value is -2.50. The van der Waals surface area contributed by atoms with Crippen LogP contribution in [0, 0.1) is 0 Å². The van der Waals surface area contributed by atoms with Crippen LogP contribution in [-0.2, 0) is 20.2 Å². The van der Waals surface area contributed by atoms with Crippen molar-refractivity contribution in [2.45, 2.75) is 64.7 Å². The summed E-state index contributed by atoms with van der Waals surface area (Å²) in [5, 5.41) is 0. The monoisotopic (exact) mass is 708 g/mol. The van der Waals surface area contributed by atoms with Gasteiger partial charge in [-0.15, -0.1) is 23.5 Å². The minimum Gasteiger partial charge on any atom is -0.282 e. The maximum atomic E-state index is 15.8. The number of halogens is 6. The smallest absolute Gasteiger partial charge is 0.282 e. The number of allylic oxidation sites excluding steroid dienone is 4. The number of alkyl halides is 6. The Morgan fingerprint density at radius 2 is 0.844 bits per heavy atom. The van der Waals surface area contributed by atoms with Crippen LogP contribution >= 0.6 is 23.5 Å². The Morgan fingerprint density at radius 3 is 1.11 bits per heavy atom. The zero-order valence-electron chi connectivity index (χ0n) is 23.5. The van der Waals surface area contributed by atoms with E-state index in [0.29, 0.717) is 0 Å². The molecule has 0 radical (unpaired) electrons. The van der Waals surface area contributed by atoms with Gasteiger partial charge in [-0.05, 0) is 85.4 Å². The molecule has 0 saturated heterocycles. The Morgan fingerprint density at radius 1 is 0.556 bits per heavy atom. The van der Waals surface area contributed by atoms with Crippen molar-refractivity contribution >= 4 is 53.6 Å². The average molecular weight is 709 g/mol. The number of rotatable bonds is 4. The van der Waals surface area contributed by atoms with Gasteiger partial charge in [0.1, 0.15) is 0 Å². The Balaban J connectivity index is 1.64. The third-order valence-corrected chi connectivity index (χ3v) is 14.3. The third kappa shape index (κ3) is 4.05. The predicted molar refractivity (Wildman–Crippen MR) is 159 cm³/mol. The summed E-state index contributed by atoms with van der Waals surface area (Å²) in [6, 6.07) is 9.46. The fourth-order valence-electron chi connectivity index (χ4n) is 6.63. The van der Waals surface area contributed by atoms with Crippen LogP contribution in [0.5, 0.6) is 0 Å². The minimum atomic E-state index is -5.77. The molecule has 0 amide bonds. The molecule has 2 aromatic carbocycles. The minimum absolute atomic E-state index is 0.0345. The molecule has 16 heteroatoms. The summed E-state index contributed by atoms with van der Waals surface area (Å²) in [6.07, 6.45) is 0. The summed E-state index contributed by atoms with van der Waals surface area (Å²) < 4.78 is 155. The molecule has 45 heavy (non-hydrogen) atoms. The van der Waals surface area contributed by atoms with Gasteiger partial charge in [0.2, 0.25) is 0 Å². The molecule has 0 aromatic heterocycles. The summed E-state index contributed by atoms with van der Waals surface area (Å²) in [5.41, 5.74) is -3.03. The Labute approximate surface area is 262 Å². The van der Waals surface area contributed by atoms with Crippen LogP contribution < -0.4 is 0 Å². The van der Waals surface area contributed by atoms with Gasteiger partial charge in [0.05, 0.1) is 19.3 Å². The van der Waals surface area contributed by atoms with Gasteiger partial charge in [-0.25, -0.2) is 0 Å². The largest absolute Gasteiger partial charge is 0.380 e. The van der Waals surface area contributed by atoms with Crippen molar-refractivity contribution in [3.63, 3.8) is 0 Å². The standard InChI is InChI=1S/C29H22F6O6S4/c1-13-19-21-22(28(32,33)29(34,35)27(21,30)31)20-14(2)24(16-7-11-18(12-8-16)45(39,40)41)43-26(20,4)25(19,3)42-23(13)15-5-9-17(10-6-15)44(36,37)38/h5-12H,1-4H3,(H,36,37,38)(H,39,40,41). The van der Waals surface area contributed by atoms with Crippen LogP contribution in [0.25, 0.3) is 9.81 Å². The van der Waals surface area contributed by atoms with Crippen molar-refractivity contribution < 1.29 is 52.3 Å². The number of hydrogen-bond acceptors (Lipinski definition) is 6. The fourth-order valence-corrected chi connectivity index (χ4v) is 11.0. The Bertz CT molecular complexity index is 1920. The number of thioether (sulfide) groups is 2. The molecule has 2 aliphatic heterocycles. The summed E-state index contributed by atoms with van der Waals surface area (Å²) in [4.78, 5) is -0.368.